The van der Waals surface area contributed by atoms with Gasteiger partial charge in [-0.15, -0.1) is 0 Å². The van der Waals surface area contributed by atoms with E-state index >= 15 is 0 Å². The maximum absolute atomic E-state index is 12.7. The summed E-state index contributed by atoms with van der Waals surface area (Å²) in [6, 6.07) is 18.6. The lowest BCUT2D eigenvalue weighted by molar-refractivity contribution is 0.0969. The zero-order chi connectivity index (χ0) is 16.0. The van der Waals surface area contributed by atoms with E-state index in [1.54, 1.807) is 23.1 Å². The molecule has 0 radical (unpaired) electrons. The summed E-state index contributed by atoms with van der Waals surface area (Å²) in [7, 11) is 0. The number of β-amino-alcohol motifs (C(OH)–C–C–N with tert-alkyl or cyclic N) is 1. The highest BCUT2D eigenvalue weighted by Crippen LogP contribution is 2.38. The van der Waals surface area contributed by atoms with E-state index < -0.39 is 6.10 Å². The molecule has 0 spiro atoms. The van der Waals surface area contributed by atoms with E-state index in [1.165, 1.54) is 0 Å². The van der Waals surface area contributed by atoms with Gasteiger partial charge in [0, 0.05) is 16.0 Å². The van der Waals surface area contributed by atoms with Crippen molar-refractivity contribution >= 4 is 34.0 Å². The molecule has 0 fully saturated rings. The number of halogens is 1. The molecule has 0 saturated carbocycles. The summed E-state index contributed by atoms with van der Waals surface area (Å²) in [5.41, 5.74) is 2.24. The van der Waals surface area contributed by atoms with Crippen molar-refractivity contribution in [2.45, 2.75) is 6.10 Å². The Kier molecular flexibility index (Phi) is 3.33. The van der Waals surface area contributed by atoms with Gasteiger partial charge in [-0.2, -0.15) is 0 Å². The minimum Gasteiger partial charge on any atom is -0.387 e. The summed E-state index contributed by atoms with van der Waals surface area (Å²) in [4.78, 5) is 14.3. The second kappa shape index (κ2) is 5.37. The average molecular weight is 324 g/mol. The van der Waals surface area contributed by atoms with Crippen LogP contribution in [0.4, 0.5) is 5.69 Å². The van der Waals surface area contributed by atoms with Crippen LogP contribution in [-0.4, -0.2) is 17.6 Å². The first-order chi connectivity index (χ1) is 11.1. The van der Waals surface area contributed by atoms with Gasteiger partial charge in [0.25, 0.3) is 5.91 Å². The molecule has 1 amide bonds. The number of aliphatic hydroxyl groups is 1. The first kappa shape index (κ1) is 14.2. The highest BCUT2D eigenvalue weighted by Gasteiger charge is 2.31. The van der Waals surface area contributed by atoms with Crippen LogP contribution in [0.25, 0.3) is 10.8 Å². The molecule has 1 N–H and O–H groups in total. The Bertz CT molecular complexity index is 917. The Morgan fingerprint density at radius 2 is 1.78 bits per heavy atom. The molecule has 0 bridgehead atoms. The highest BCUT2D eigenvalue weighted by atomic mass is 35.5. The number of hydrogen-bond acceptors (Lipinski definition) is 2. The quantitative estimate of drug-likeness (QED) is 0.785. The van der Waals surface area contributed by atoms with Crippen molar-refractivity contribution in [3.8, 4) is 0 Å². The van der Waals surface area contributed by atoms with Crippen molar-refractivity contribution in [1.29, 1.82) is 0 Å². The number of carbonyl (C=O) groups excluding carboxylic acids is 1. The average Bonchev–Trinajstić information content (AvgIpc) is 2.83. The third-order valence-electron chi connectivity index (χ3n) is 4.24. The molecule has 1 aliphatic heterocycles. The zero-order valence-electron chi connectivity index (χ0n) is 12.2. The summed E-state index contributed by atoms with van der Waals surface area (Å²) in [6.45, 7) is 0.201. The molecule has 23 heavy (non-hydrogen) atoms. The summed E-state index contributed by atoms with van der Waals surface area (Å²) in [5.74, 6) is -0.0714. The molecule has 1 unspecified atom stereocenters. The second-order valence-electron chi connectivity index (χ2n) is 5.67. The predicted molar refractivity (Wildman–Crippen MR) is 92.0 cm³/mol. The largest absolute Gasteiger partial charge is 0.387 e. The van der Waals surface area contributed by atoms with Crippen molar-refractivity contribution in [3.63, 3.8) is 0 Å². The van der Waals surface area contributed by atoms with Crippen molar-refractivity contribution in [2.75, 3.05) is 11.4 Å². The lowest BCUT2D eigenvalue weighted by atomic mass is 10.1. The van der Waals surface area contributed by atoms with E-state index in [0.717, 1.165) is 16.5 Å². The molecule has 114 valence electrons. The maximum Gasteiger partial charge on any atom is 0.259 e. The number of hydrogen-bond donors (Lipinski definition) is 1. The molecule has 1 atom stereocenters. The molecule has 4 rings (SSSR count). The Balaban J connectivity index is 1.72. The molecule has 4 heteroatoms. The molecular formula is C19H14ClNO2. The van der Waals surface area contributed by atoms with Crippen molar-refractivity contribution in [3.05, 3.63) is 76.8 Å². The van der Waals surface area contributed by atoms with Gasteiger partial charge in [0.2, 0.25) is 0 Å². The molecule has 1 aliphatic rings. The third-order valence-corrected chi connectivity index (χ3v) is 4.47. The fourth-order valence-corrected chi connectivity index (χ4v) is 3.35. The normalized spacial score (nSPS) is 14.5. The van der Waals surface area contributed by atoms with Crippen LogP contribution < -0.4 is 4.90 Å². The second-order valence-corrected chi connectivity index (χ2v) is 6.10. The van der Waals surface area contributed by atoms with Crippen LogP contribution in [0, 0.1) is 0 Å². The third kappa shape index (κ3) is 2.29. The molecule has 1 heterocycles. The molecule has 0 saturated heterocycles. The number of carbonyl (C=O) groups is 1. The lowest BCUT2D eigenvalue weighted by Crippen LogP contribution is -2.31. The van der Waals surface area contributed by atoms with E-state index in [-0.39, 0.29) is 12.5 Å². The Labute approximate surface area is 138 Å². The van der Waals surface area contributed by atoms with Gasteiger partial charge < -0.3 is 10.0 Å². The van der Waals surface area contributed by atoms with Crippen LogP contribution in [0.1, 0.15) is 22.0 Å². The van der Waals surface area contributed by atoms with Crippen LogP contribution in [0.3, 0.4) is 0 Å². The molecular weight excluding hydrogens is 310 g/mol. The Morgan fingerprint density at radius 3 is 2.57 bits per heavy atom. The molecule has 0 aliphatic carbocycles. The SMILES string of the molecule is O=C1c2cccc3cccc(c23)N1CC(O)c1cccc(Cl)c1. The smallest absolute Gasteiger partial charge is 0.259 e. The van der Waals surface area contributed by atoms with Gasteiger partial charge in [0.1, 0.15) is 0 Å². The van der Waals surface area contributed by atoms with E-state index in [4.69, 9.17) is 11.6 Å². The zero-order valence-corrected chi connectivity index (χ0v) is 13.0. The standard InChI is InChI=1S/C19H14ClNO2/c20-14-7-1-6-13(10-14)17(22)11-21-16-9-3-5-12-4-2-8-15(18(12)16)19(21)23/h1-10,17,22H,11H2. The van der Waals surface area contributed by atoms with Gasteiger partial charge >= 0.3 is 0 Å². The molecule has 3 aromatic carbocycles. The van der Waals surface area contributed by atoms with Gasteiger partial charge in [-0.3, -0.25) is 4.79 Å². The van der Waals surface area contributed by atoms with Crippen LogP contribution in [0.15, 0.2) is 60.7 Å². The minimum atomic E-state index is -0.790. The number of aliphatic hydroxyl groups excluding tert-OH is 1. The lowest BCUT2D eigenvalue weighted by Gasteiger charge is -2.21. The topological polar surface area (TPSA) is 40.5 Å². The van der Waals surface area contributed by atoms with Gasteiger partial charge in [-0.1, -0.05) is 48.0 Å². The van der Waals surface area contributed by atoms with E-state index in [2.05, 4.69) is 0 Å². The fraction of sp³-hybridized carbons (Fsp3) is 0.105. The van der Waals surface area contributed by atoms with Crippen LogP contribution in [0.5, 0.6) is 0 Å². The van der Waals surface area contributed by atoms with Gasteiger partial charge in [0.15, 0.2) is 0 Å². The monoisotopic (exact) mass is 323 g/mol. The van der Waals surface area contributed by atoms with E-state index in [0.29, 0.717) is 16.1 Å². The number of benzene rings is 3. The number of anilines is 1. The van der Waals surface area contributed by atoms with Crippen molar-refractivity contribution < 1.29 is 9.90 Å². The molecule has 3 aromatic rings. The first-order valence-electron chi connectivity index (χ1n) is 7.42. The summed E-state index contributed by atoms with van der Waals surface area (Å²) < 4.78 is 0. The summed E-state index contributed by atoms with van der Waals surface area (Å²) in [6.07, 6.45) is -0.790. The predicted octanol–water partition coefficient (Wildman–Crippen LogP) is 4.19. The minimum absolute atomic E-state index is 0.0714. The fourth-order valence-electron chi connectivity index (χ4n) is 3.15. The highest BCUT2D eigenvalue weighted by molar-refractivity contribution is 6.30. The van der Waals surface area contributed by atoms with Crippen molar-refractivity contribution in [2.24, 2.45) is 0 Å². The summed E-state index contributed by atoms with van der Waals surface area (Å²) in [5, 5.41) is 13.1. The number of rotatable bonds is 3. The first-order valence-corrected chi connectivity index (χ1v) is 7.80. The maximum atomic E-state index is 12.7. The number of nitrogens with zero attached hydrogens (tertiary/aromatic N) is 1. The molecule has 0 aromatic heterocycles. The van der Waals surface area contributed by atoms with Gasteiger partial charge in [0.05, 0.1) is 18.3 Å². The van der Waals surface area contributed by atoms with Gasteiger partial charge in [-0.05, 0) is 35.2 Å². The number of amides is 1. The van der Waals surface area contributed by atoms with Crippen molar-refractivity contribution in [1.82, 2.24) is 0 Å². The van der Waals surface area contributed by atoms with Gasteiger partial charge in [-0.25, -0.2) is 0 Å². The van der Waals surface area contributed by atoms with Crippen LogP contribution in [0.2, 0.25) is 5.02 Å². The van der Waals surface area contributed by atoms with E-state index in [1.807, 2.05) is 42.5 Å². The van der Waals surface area contributed by atoms with E-state index in [9.17, 15) is 9.90 Å². The van der Waals surface area contributed by atoms with Crippen LogP contribution in [-0.2, 0) is 0 Å². The Morgan fingerprint density at radius 1 is 1.04 bits per heavy atom. The Hall–Kier alpha value is -2.36. The molecule has 3 nitrogen and oxygen atoms in total. The summed E-state index contributed by atoms with van der Waals surface area (Å²) >= 11 is 5.98. The van der Waals surface area contributed by atoms with Crippen LogP contribution >= 0.6 is 11.6 Å².